The molecule has 35 heavy (non-hydrogen) atoms. The maximum Gasteiger partial charge on any atom is 0.326 e. The van der Waals surface area contributed by atoms with Crippen LogP contribution in [-0.2, 0) is 16.6 Å². The molecule has 6 nitrogen and oxygen atoms in total. The minimum atomic E-state index is -1.13. The highest BCUT2D eigenvalue weighted by Crippen LogP contribution is 2.26. The molecule has 3 rings (SSSR count). The van der Waals surface area contributed by atoms with E-state index in [9.17, 15) is 19.5 Å². The van der Waals surface area contributed by atoms with Gasteiger partial charge in [-0.1, -0.05) is 74.8 Å². The molecule has 0 bridgehead atoms. The van der Waals surface area contributed by atoms with Gasteiger partial charge in [0.15, 0.2) is 0 Å². The van der Waals surface area contributed by atoms with Gasteiger partial charge in [-0.2, -0.15) is 0 Å². The zero-order valence-corrected chi connectivity index (χ0v) is 20.9. The standard InChI is InChI=1S/C28H29ClN2O4/c1-17-8-7-11-22(29)24(17)26(33)30-19-14-12-18(13-15-19)16-23(27(34)35)31-25(32)20-9-5-6-10-21(20)28(2,3)4/h5-15,23H,16H2,1-4H3,(H,30,33)(H,31,32)(H,34,35). The molecule has 0 fully saturated rings. The van der Waals surface area contributed by atoms with Crippen LogP contribution in [0, 0.1) is 6.92 Å². The summed E-state index contributed by atoms with van der Waals surface area (Å²) in [5.74, 6) is -1.88. The summed E-state index contributed by atoms with van der Waals surface area (Å²) in [5.41, 5.74) is 3.45. The van der Waals surface area contributed by atoms with Crippen molar-refractivity contribution in [2.45, 2.75) is 45.6 Å². The Balaban J connectivity index is 1.71. The smallest absolute Gasteiger partial charge is 0.326 e. The number of carbonyl (C=O) groups excluding carboxylic acids is 2. The Kier molecular flexibility index (Phi) is 7.97. The molecule has 0 spiro atoms. The second-order valence-electron chi connectivity index (χ2n) is 9.45. The maximum atomic E-state index is 12.9. The molecular formula is C28H29ClN2O4. The molecule has 0 radical (unpaired) electrons. The van der Waals surface area contributed by atoms with Crippen LogP contribution < -0.4 is 10.6 Å². The molecule has 3 aromatic carbocycles. The van der Waals surface area contributed by atoms with E-state index in [1.54, 1.807) is 48.5 Å². The lowest BCUT2D eigenvalue weighted by Gasteiger charge is -2.23. The van der Waals surface area contributed by atoms with Crippen LogP contribution in [0.3, 0.4) is 0 Å². The number of rotatable bonds is 7. The second-order valence-corrected chi connectivity index (χ2v) is 9.85. The molecule has 0 aliphatic heterocycles. The van der Waals surface area contributed by atoms with E-state index in [1.165, 1.54) is 0 Å². The SMILES string of the molecule is Cc1cccc(Cl)c1C(=O)Nc1ccc(CC(NC(=O)c2ccccc2C(C)(C)C)C(=O)O)cc1. The number of hydrogen-bond donors (Lipinski definition) is 3. The van der Waals surface area contributed by atoms with Gasteiger partial charge in [-0.3, -0.25) is 9.59 Å². The Morgan fingerprint density at radius 2 is 1.57 bits per heavy atom. The van der Waals surface area contributed by atoms with Crippen LogP contribution >= 0.6 is 11.6 Å². The van der Waals surface area contributed by atoms with Crippen molar-refractivity contribution in [3.63, 3.8) is 0 Å². The van der Waals surface area contributed by atoms with Gasteiger partial charge in [0.05, 0.1) is 10.6 Å². The first kappa shape index (κ1) is 26.0. The van der Waals surface area contributed by atoms with E-state index in [-0.39, 0.29) is 17.7 Å². The van der Waals surface area contributed by atoms with Crippen LogP contribution in [-0.4, -0.2) is 28.9 Å². The van der Waals surface area contributed by atoms with E-state index in [4.69, 9.17) is 11.6 Å². The number of anilines is 1. The fourth-order valence-electron chi connectivity index (χ4n) is 3.84. The van der Waals surface area contributed by atoms with Gasteiger partial charge in [0, 0.05) is 17.7 Å². The summed E-state index contributed by atoms with van der Waals surface area (Å²) in [6.07, 6.45) is 0.0939. The van der Waals surface area contributed by atoms with Gasteiger partial charge in [-0.15, -0.1) is 0 Å². The molecule has 0 saturated carbocycles. The number of amides is 2. The number of benzene rings is 3. The monoisotopic (exact) mass is 492 g/mol. The number of carboxylic acids is 1. The fourth-order valence-corrected chi connectivity index (χ4v) is 4.15. The summed E-state index contributed by atoms with van der Waals surface area (Å²) in [6.45, 7) is 7.81. The van der Waals surface area contributed by atoms with E-state index in [2.05, 4.69) is 10.6 Å². The first-order valence-corrected chi connectivity index (χ1v) is 11.6. The van der Waals surface area contributed by atoms with Crippen molar-refractivity contribution in [2.75, 3.05) is 5.32 Å². The van der Waals surface area contributed by atoms with Crippen molar-refractivity contribution in [1.82, 2.24) is 5.32 Å². The second kappa shape index (κ2) is 10.7. The Labute approximate surface area is 210 Å². The lowest BCUT2D eigenvalue weighted by Crippen LogP contribution is -2.43. The topological polar surface area (TPSA) is 95.5 Å². The number of nitrogens with one attached hydrogen (secondary N) is 2. The molecule has 1 atom stereocenters. The van der Waals surface area contributed by atoms with Crippen LogP contribution in [0.4, 0.5) is 5.69 Å². The highest BCUT2D eigenvalue weighted by molar-refractivity contribution is 6.34. The Morgan fingerprint density at radius 3 is 2.17 bits per heavy atom. The lowest BCUT2D eigenvalue weighted by atomic mass is 9.83. The maximum absolute atomic E-state index is 12.9. The zero-order valence-electron chi connectivity index (χ0n) is 20.2. The number of carboxylic acid groups (broad SMARTS) is 1. The van der Waals surface area contributed by atoms with Crippen LogP contribution in [0.25, 0.3) is 0 Å². The van der Waals surface area contributed by atoms with Gasteiger partial charge in [0.2, 0.25) is 0 Å². The summed E-state index contributed by atoms with van der Waals surface area (Å²) >= 11 is 6.17. The highest BCUT2D eigenvalue weighted by atomic mass is 35.5. The van der Waals surface area contributed by atoms with Crippen LogP contribution in [0.1, 0.15) is 58.2 Å². The Hall–Kier alpha value is -3.64. The minimum Gasteiger partial charge on any atom is -0.480 e. The number of carbonyl (C=O) groups is 3. The van der Waals surface area contributed by atoms with Crippen molar-refractivity contribution in [1.29, 1.82) is 0 Å². The molecule has 182 valence electrons. The number of halogens is 1. The number of aliphatic carboxylic acids is 1. The molecule has 0 heterocycles. The molecule has 0 saturated heterocycles. The summed E-state index contributed by atoms with van der Waals surface area (Å²) in [5, 5.41) is 15.6. The average molecular weight is 493 g/mol. The van der Waals surface area contributed by atoms with E-state index >= 15 is 0 Å². The number of aryl methyl sites for hydroxylation is 1. The van der Waals surface area contributed by atoms with E-state index in [1.807, 2.05) is 45.9 Å². The van der Waals surface area contributed by atoms with Crippen molar-refractivity contribution in [3.05, 3.63) is 99.6 Å². The van der Waals surface area contributed by atoms with Crippen molar-refractivity contribution in [3.8, 4) is 0 Å². The molecule has 1 unspecified atom stereocenters. The normalized spacial score (nSPS) is 12.0. The zero-order chi connectivity index (χ0) is 25.8. The molecule has 2 amide bonds. The van der Waals surface area contributed by atoms with Gasteiger partial charge in [0.1, 0.15) is 6.04 Å². The summed E-state index contributed by atoms with van der Waals surface area (Å²) in [4.78, 5) is 37.5. The Morgan fingerprint density at radius 1 is 0.914 bits per heavy atom. The van der Waals surface area contributed by atoms with Crippen LogP contribution in [0.15, 0.2) is 66.7 Å². The number of hydrogen-bond acceptors (Lipinski definition) is 3. The van der Waals surface area contributed by atoms with Gasteiger partial charge < -0.3 is 15.7 Å². The van der Waals surface area contributed by atoms with Crippen molar-refractivity contribution >= 4 is 35.1 Å². The minimum absolute atomic E-state index is 0.0939. The van der Waals surface area contributed by atoms with Crippen LogP contribution in [0.5, 0.6) is 0 Å². The molecule has 3 aromatic rings. The van der Waals surface area contributed by atoms with Gasteiger partial charge in [0.25, 0.3) is 11.8 Å². The first-order valence-electron chi connectivity index (χ1n) is 11.3. The van der Waals surface area contributed by atoms with E-state index in [0.717, 1.165) is 11.1 Å². The fraction of sp³-hybridized carbons (Fsp3) is 0.250. The molecular weight excluding hydrogens is 464 g/mol. The van der Waals surface area contributed by atoms with Gasteiger partial charge in [-0.05, 0) is 53.3 Å². The van der Waals surface area contributed by atoms with E-state index in [0.29, 0.717) is 27.4 Å². The largest absolute Gasteiger partial charge is 0.480 e. The quantitative estimate of drug-likeness (QED) is 0.398. The highest BCUT2D eigenvalue weighted by Gasteiger charge is 2.25. The summed E-state index contributed by atoms with van der Waals surface area (Å²) in [6, 6.07) is 18.2. The predicted octanol–water partition coefficient (Wildman–Crippen LogP) is 5.62. The average Bonchev–Trinajstić information content (AvgIpc) is 2.79. The molecule has 3 N–H and O–H groups in total. The molecule has 0 aromatic heterocycles. The first-order chi connectivity index (χ1) is 16.5. The predicted molar refractivity (Wildman–Crippen MR) is 138 cm³/mol. The molecule has 0 aliphatic rings. The van der Waals surface area contributed by atoms with E-state index < -0.39 is 17.9 Å². The van der Waals surface area contributed by atoms with Crippen molar-refractivity contribution in [2.24, 2.45) is 0 Å². The molecule has 0 aliphatic carbocycles. The van der Waals surface area contributed by atoms with Crippen molar-refractivity contribution < 1.29 is 19.5 Å². The third kappa shape index (κ3) is 6.49. The third-order valence-corrected chi connectivity index (χ3v) is 6.00. The van der Waals surface area contributed by atoms with Crippen LogP contribution in [0.2, 0.25) is 5.02 Å². The van der Waals surface area contributed by atoms with Gasteiger partial charge in [-0.25, -0.2) is 4.79 Å². The lowest BCUT2D eigenvalue weighted by molar-refractivity contribution is -0.139. The van der Waals surface area contributed by atoms with Gasteiger partial charge >= 0.3 is 5.97 Å². The molecule has 7 heteroatoms. The summed E-state index contributed by atoms with van der Waals surface area (Å²) in [7, 11) is 0. The summed E-state index contributed by atoms with van der Waals surface area (Å²) < 4.78 is 0. The Bertz CT molecular complexity index is 1230. The third-order valence-electron chi connectivity index (χ3n) is 5.68.